The van der Waals surface area contributed by atoms with Crippen molar-refractivity contribution in [2.24, 2.45) is 11.8 Å². The largest absolute Gasteiger partial charge is 0.473 e. The van der Waals surface area contributed by atoms with Crippen molar-refractivity contribution in [2.75, 3.05) is 13.1 Å². The fraction of sp³-hybridized carbons (Fsp3) is 0.765. The summed E-state index contributed by atoms with van der Waals surface area (Å²) in [6.07, 6.45) is -4.81. The van der Waals surface area contributed by atoms with Gasteiger partial charge in [-0.25, -0.2) is 0 Å². The predicted molar refractivity (Wildman–Crippen MR) is 91.1 cm³/mol. The molecule has 0 spiro atoms. The molecule has 2 aliphatic rings. The Bertz CT molecular complexity index is 670. The van der Waals surface area contributed by atoms with Gasteiger partial charge in [-0.15, -0.1) is 10.2 Å². The highest BCUT2D eigenvalue weighted by Crippen LogP contribution is 2.42. The summed E-state index contributed by atoms with van der Waals surface area (Å²) in [7, 11) is 0. The second kappa shape index (κ2) is 7.35. The third kappa shape index (κ3) is 5.01. The third-order valence-corrected chi connectivity index (χ3v) is 5.01. The van der Waals surface area contributed by atoms with Crippen LogP contribution in [0.3, 0.4) is 0 Å². The lowest BCUT2D eigenvalue weighted by Gasteiger charge is -2.30. The highest BCUT2D eigenvalue weighted by Gasteiger charge is 2.45. The number of ether oxygens (including phenoxy) is 2. The zero-order valence-corrected chi connectivity index (χ0v) is 16.1. The number of rotatable bonds is 4. The van der Waals surface area contributed by atoms with Crippen molar-refractivity contribution >= 4 is 11.6 Å². The first-order chi connectivity index (χ1) is 12.4. The van der Waals surface area contributed by atoms with E-state index in [1.165, 1.54) is 0 Å². The van der Waals surface area contributed by atoms with Crippen LogP contribution in [0.2, 0.25) is 5.15 Å². The third-order valence-electron chi connectivity index (χ3n) is 4.82. The number of hydrogen-bond acceptors (Lipinski definition) is 6. The Morgan fingerprint density at radius 1 is 1.19 bits per heavy atom. The van der Waals surface area contributed by atoms with Crippen LogP contribution in [-0.2, 0) is 10.9 Å². The van der Waals surface area contributed by atoms with Crippen LogP contribution in [0.1, 0.15) is 39.2 Å². The molecule has 0 radical (unpaired) electrons. The van der Waals surface area contributed by atoms with E-state index in [1.807, 2.05) is 25.7 Å². The van der Waals surface area contributed by atoms with Crippen molar-refractivity contribution in [1.82, 2.24) is 15.1 Å². The Kier molecular flexibility index (Phi) is 5.60. The van der Waals surface area contributed by atoms with Crippen molar-refractivity contribution in [3.63, 3.8) is 0 Å². The van der Waals surface area contributed by atoms with Crippen LogP contribution < -0.4 is 4.74 Å². The van der Waals surface area contributed by atoms with Gasteiger partial charge in [0.25, 0.3) is 0 Å². The highest BCUT2D eigenvalue weighted by molar-refractivity contribution is 6.29. The first-order valence-corrected chi connectivity index (χ1v) is 9.17. The standard InChI is InChI=1S/C17H23ClF3N3O3/c1-16(2,3)27-15(25)24-7-9-4-11(5-10(9)8-24)26-14-12(17(19,20)21)6-13(18)22-23-14/h6,9-11,15,25H,4-5,7-8H2,1-3H3/t9-,10+,11?,15?. The molecule has 1 saturated heterocycles. The number of fused-ring (bicyclic) bond motifs is 1. The summed E-state index contributed by atoms with van der Waals surface area (Å²) in [5, 5.41) is 16.8. The van der Waals surface area contributed by atoms with E-state index in [0.29, 0.717) is 25.9 Å². The van der Waals surface area contributed by atoms with Crippen molar-refractivity contribution in [3.05, 3.63) is 16.8 Å². The number of hydrogen-bond donors (Lipinski definition) is 1. The van der Waals surface area contributed by atoms with Gasteiger partial charge in [0.1, 0.15) is 11.7 Å². The van der Waals surface area contributed by atoms with E-state index in [0.717, 1.165) is 6.07 Å². The van der Waals surface area contributed by atoms with Crippen LogP contribution in [0.25, 0.3) is 0 Å². The molecule has 10 heteroatoms. The number of halogens is 4. The highest BCUT2D eigenvalue weighted by atomic mass is 35.5. The summed E-state index contributed by atoms with van der Waals surface area (Å²) in [5.41, 5.74) is -1.49. The number of alkyl halides is 3. The summed E-state index contributed by atoms with van der Waals surface area (Å²) < 4.78 is 50.6. The molecule has 1 N–H and O–H groups in total. The summed E-state index contributed by atoms with van der Waals surface area (Å²) in [4.78, 5) is 1.85. The lowest BCUT2D eigenvalue weighted by atomic mass is 10.0. The average molecular weight is 410 g/mol. The van der Waals surface area contributed by atoms with E-state index in [2.05, 4.69) is 10.2 Å². The normalized spacial score (nSPS) is 27.6. The molecule has 2 heterocycles. The van der Waals surface area contributed by atoms with E-state index >= 15 is 0 Å². The maximum Gasteiger partial charge on any atom is 0.421 e. The molecule has 152 valence electrons. The maximum absolute atomic E-state index is 13.2. The molecule has 0 amide bonds. The van der Waals surface area contributed by atoms with E-state index in [4.69, 9.17) is 21.1 Å². The number of likely N-dealkylation sites (tertiary alicyclic amines) is 1. The topological polar surface area (TPSA) is 67.7 Å². The molecule has 27 heavy (non-hydrogen) atoms. The molecular weight excluding hydrogens is 387 g/mol. The first-order valence-electron chi connectivity index (χ1n) is 8.79. The van der Waals surface area contributed by atoms with Gasteiger partial charge in [0, 0.05) is 13.1 Å². The van der Waals surface area contributed by atoms with Crippen molar-refractivity contribution < 1.29 is 27.8 Å². The fourth-order valence-electron chi connectivity index (χ4n) is 3.75. The van der Waals surface area contributed by atoms with Crippen LogP contribution in [0, 0.1) is 11.8 Å². The quantitative estimate of drug-likeness (QED) is 0.769. The van der Waals surface area contributed by atoms with Gasteiger partial charge in [0.05, 0.1) is 5.60 Å². The van der Waals surface area contributed by atoms with E-state index in [1.54, 1.807) is 0 Å². The van der Waals surface area contributed by atoms with Gasteiger partial charge in [-0.05, 0) is 51.5 Å². The number of aliphatic hydroxyl groups is 1. The van der Waals surface area contributed by atoms with Crippen molar-refractivity contribution in [1.29, 1.82) is 0 Å². The Morgan fingerprint density at radius 3 is 2.30 bits per heavy atom. The Hall–Kier alpha value is -1.16. The summed E-state index contributed by atoms with van der Waals surface area (Å²) in [5.74, 6) is -0.0875. The molecule has 1 aliphatic heterocycles. The number of aromatic nitrogens is 2. The zero-order chi connectivity index (χ0) is 20.0. The monoisotopic (exact) mass is 409 g/mol. The van der Waals surface area contributed by atoms with Crippen LogP contribution in [-0.4, -0.2) is 51.4 Å². The molecule has 2 fully saturated rings. The molecule has 4 atom stereocenters. The molecule has 1 saturated carbocycles. The SMILES string of the molecule is CC(C)(C)OC(O)N1C[C@H]2CC(Oc3nnc(Cl)cc3C(F)(F)F)C[C@H]2C1. The molecule has 6 nitrogen and oxygen atoms in total. The smallest absolute Gasteiger partial charge is 0.421 e. The van der Waals surface area contributed by atoms with E-state index < -0.39 is 29.6 Å². The van der Waals surface area contributed by atoms with Gasteiger partial charge in [-0.2, -0.15) is 13.2 Å². The van der Waals surface area contributed by atoms with Gasteiger partial charge in [0.2, 0.25) is 12.3 Å². The predicted octanol–water partition coefficient (Wildman–Crippen LogP) is 3.33. The Labute approximate surface area is 160 Å². The minimum absolute atomic E-state index is 0.225. The summed E-state index contributed by atoms with van der Waals surface area (Å²) >= 11 is 5.54. The lowest BCUT2D eigenvalue weighted by molar-refractivity contribution is -0.235. The van der Waals surface area contributed by atoms with Crippen molar-refractivity contribution in [3.8, 4) is 5.88 Å². The lowest BCUT2D eigenvalue weighted by Crippen LogP contribution is -2.41. The Morgan fingerprint density at radius 2 is 1.78 bits per heavy atom. The minimum atomic E-state index is -4.62. The Balaban J connectivity index is 1.61. The summed E-state index contributed by atoms with van der Waals surface area (Å²) in [6.45, 7) is 6.81. The van der Waals surface area contributed by atoms with E-state index in [9.17, 15) is 18.3 Å². The second-order valence-corrected chi connectivity index (χ2v) is 8.51. The fourth-order valence-corrected chi connectivity index (χ4v) is 3.90. The van der Waals surface area contributed by atoms with Gasteiger partial charge in [-0.1, -0.05) is 11.6 Å². The summed E-state index contributed by atoms with van der Waals surface area (Å²) in [6, 6.07) is 0.724. The maximum atomic E-state index is 13.2. The molecule has 0 aromatic carbocycles. The first kappa shape index (κ1) is 20.6. The van der Waals surface area contributed by atoms with E-state index in [-0.39, 0.29) is 23.1 Å². The molecule has 3 rings (SSSR count). The number of nitrogens with zero attached hydrogens (tertiary/aromatic N) is 3. The van der Waals surface area contributed by atoms with Gasteiger partial charge >= 0.3 is 6.18 Å². The van der Waals surface area contributed by atoms with Gasteiger partial charge < -0.3 is 14.6 Å². The molecular formula is C17H23ClF3N3O3. The molecule has 1 aliphatic carbocycles. The molecule has 1 aromatic rings. The van der Waals surface area contributed by atoms with Crippen LogP contribution in [0.15, 0.2) is 6.07 Å². The second-order valence-electron chi connectivity index (χ2n) is 8.13. The van der Waals surface area contributed by atoms with Crippen LogP contribution in [0.4, 0.5) is 13.2 Å². The minimum Gasteiger partial charge on any atom is -0.473 e. The number of aliphatic hydroxyl groups excluding tert-OH is 1. The molecule has 1 aromatic heterocycles. The molecule has 0 bridgehead atoms. The van der Waals surface area contributed by atoms with Crippen molar-refractivity contribution in [2.45, 2.75) is 57.9 Å². The van der Waals surface area contributed by atoms with Crippen LogP contribution in [0.5, 0.6) is 5.88 Å². The van der Waals surface area contributed by atoms with Gasteiger partial charge in [-0.3, -0.25) is 4.90 Å². The van der Waals surface area contributed by atoms with Gasteiger partial charge in [0.15, 0.2) is 5.15 Å². The molecule has 2 unspecified atom stereocenters. The van der Waals surface area contributed by atoms with Crippen LogP contribution >= 0.6 is 11.6 Å². The zero-order valence-electron chi connectivity index (χ0n) is 15.3. The average Bonchev–Trinajstić information content (AvgIpc) is 3.04.